The zero-order valence-electron chi connectivity index (χ0n) is 10.7. The van der Waals surface area contributed by atoms with Crippen molar-refractivity contribution in [2.45, 2.75) is 11.3 Å². The Morgan fingerprint density at radius 2 is 2.10 bits per heavy atom. The third kappa shape index (κ3) is 3.90. The Kier molecular flexibility index (Phi) is 4.76. The second-order valence-corrected chi connectivity index (χ2v) is 6.75. The molecule has 0 aliphatic heterocycles. The predicted molar refractivity (Wildman–Crippen MR) is 78.4 cm³/mol. The van der Waals surface area contributed by atoms with E-state index in [1.54, 1.807) is 12.1 Å². The summed E-state index contributed by atoms with van der Waals surface area (Å²) in [6, 6.07) is 7.18. The Balaban J connectivity index is 2.19. The van der Waals surface area contributed by atoms with Gasteiger partial charge in [-0.1, -0.05) is 15.9 Å². The minimum atomic E-state index is -3.98. The molecule has 0 radical (unpaired) electrons. The molecule has 0 fully saturated rings. The highest BCUT2D eigenvalue weighted by molar-refractivity contribution is 9.10. The molecule has 2 aromatic rings. The average molecular weight is 375 g/mol. The topological polar surface area (TPSA) is 102 Å². The van der Waals surface area contributed by atoms with Crippen molar-refractivity contribution in [3.63, 3.8) is 0 Å². The molecule has 0 saturated carbocycles. The van der Waals surface area contributed by atoms with Crippen LogP contribution in [0, 0.1) is 10.1 Å². The number of furan rings is 1. The molecule has 0 bridgehead atoms. The normalized spacial score (nSPS) is 11.5. The molecule has 112 valence electrons. The van der Waals surface area contributed by atoms with E-state index in [-0.39, 0.29) is 11.4 Å². The fourth-order valence-electron chi connectivity index (χ4n) is 1.70. The summed E-state index contributed by atoms with van der Waals surface area (Å²) in [6.07, 6.45) is 1.84. The SMILES string of the molecule is O=[N+]([O-])c1ccc(Br)cc1S(=O)(=O)NCCc1ccco1. The summed E-state index contributed by atoms with van der Waals surface area (Å²) in [5.41, 5.74) is -0.469. The van der Waals surface area contributed by atoms with Gasteiger partial charge in [0.2, 0.25) is 10.0 Å². The fraction of sp³-hybridized carbons (Fsp3) is 0.167. The molecular formula is C12H11BrN2O5S. The first-order valence-electron chi connectivity index (χ1n) is 5.86. The maximum absolute atomic E-state index is 12.2. The van der Waals surface area contributed by atoms with Crippen LogP contribution < -0.4 is 4.72 Å². The lowest BCUT2D eigenvalue weighted by atomic mass is 10.3. The van der Waals surface area contributed by atoms with Gasteiger partial charge in [-0.25, -0.2) is 13.1 Å². The van der Waals surface area contributed by atoms with Gasteiger partial charge in [0.25, 0.3) is 5.69 Å². The van der Waals surface area contributed by atoms with Crippen LogP contribution in [-0.4, -0.2) is 19.9 Å². The van der Waals surface area contributed by atoms with Crippen molar-refractivity contribution in [3.05, 3.63) is 56.9 Å². The second-order valence-electron chi connectivity index (χ2n) is 4.10. The van der Waals surface area contributed by atoms with Gasteiger partial charge in [-0.05, 0) is 24.3 Å². The van der Waals surface area contributed by atoms with E-state index < -0.39 is 20.6 Å². The minimum Gasteiger partial charge on any atom is -0.469 e. The van der Waals surface area contributed by atoms with Crippen molar-refractivity contribution in [1.82, 2.24) is 4.72 Å². The van der Waals surface area contributed by atoms with Gasteiger partial charge < -0.3 is 4.42 Å². The number of nitrogens with one attached hydrogen (secondary N) is 1. The van der Waals surface area contributed by atoms with Gasteiger partial charge in [0.05, 0.1) is 11.2 Å². The van der Waals surface area contributed by atoms with Crippen LogP contribution in [0.25, 0.3) is 0 Å². The van der Waals surface area contributed by atoms with Crippen LogP contribution in [0.2, 0.25) is 0 Å². The number of sulfonamides is 1. The van der Waals surface area contributed by atoms with E-state index in [1.807, 2.05) is 0 Å². The lowest BCUT2D eigenvalue weighted by Crippen LogP contribution is -2.26. The summed E-state index contributed by atoms with van der Waals surface area (Å²) in [5, 5.41) is 10.9. The summed E-state index contributed by atoms with van der Waals surface area (Å²) in [5.74, 6) is 0.626. The number of halogens is 1. The van der Waals surface area contributed by atoms with Gasteiger partial charge in [-0.2, -0.15) is 0 Å². The Labute approximate surface area is 129 Å². The van der Waals surface area contributed by atoms with Gasteiger partial charge in [-0.15, -0.1) is 0 Å². The predicted octanol–water partition coefficient (Wildman–Crippen LogP) is 2.47. The highest BCUT2D eigenvalue weighted by Gasteiger charge is 2.25. The molecule has 1 heterocycles. The van der Waals surface area contributed by atoms with Crippen LogP contribution >= 0.6 is 15.9 Å². The van der Waals surface area contributed by atoms with Crippen LogP contribution in [0.1, 0.15) is 5.76 Å². The Hall–Kier alpha value is -1.71. The van der Waals surface area contributed by atoms with Gasteiger partial charge in [0.15, 0.2) is 4.90 Å². The van der Waals surface area contributed by atoms with Crippen LogP contribution in [0.5, 0.6) is 0 Å². The number of nitrogens with zero attached hydrogens (tertiary/aromatic N) is 1. The number of nitro benzene ring substituents is 1. The van der Waals surface area contributed by atoms with Gasteiger partial charge in [0, 0.05) is 23.5 Å². The van der Waals surface area contributed by atoms with Crippen molar-refractivity contribution in [1.29, 1.82) is 0 Å². The van der Waals surface area contributed by atoms with E-state index in [0.29, 0.717) is 16.7 Å². The molecule has 0 spiro atoms. The molecule has 0 atom stereocenters. The standard InChI is InChI=1S/C12H11BrN2O5S/c13-9-3-4-11(15(16)17)12(8-9)21(18,19)14-6-5-10-2-1-7-20-10/h1-4,7-8,14H,5-6H2. The quantitative estimate of drug-likeness (QED) is 0.617. The maximum atomic E-state index is 12.2. The fourth-order valence-corrected chi connectivity index (χ4v) is 3.43. The second kappa shape index (κ2) is 6.37. The molecule has 1 aromatic carbocycles. The third-order valence-corrected chi connectivity index (χ3v) is 4.64. The van der Waals surface area contributed by atoms with Gasteiger partial charge in [0.1, 0.15) is 5.76 Å². The zero-order chi connectivity index (χ0) is 15.5. The molecular weight excluding hydrogens is 364 g/mol. The van der Waals surface area contributed by atoms with E-state index in [9.17, 15) is 18.5 Å². The number of hydrogen-bond donors (Lipinski definition) is 1. The summed E-state index contributed by atoms with van der Waals surface area (Å²) in [7, 11) is -3.98. The molecule has 0 unspecified atom stereocenters. The molecule has 9 heteroatoms. The van der Waals surface area contributed by atoms with E-state index >= 15 is 0 Å². The first-order chi connectivity index (χ1) is 9.90. The van der Waals surface area contributed by atoms with E-state index in [0.717, 1.165) is 6.07 Å². The van der Waals surface area contributed by atoms with E-state index in [4.69, 9.17) is 4.42 Å². The molecule has 2 rings (SSSR count). The Morgan fingerprint density at radius 3 is 2.71 bits per heavy atom. The van der Waals surface area contributed by atoms with Crippen molar-refractivity contribution in [3.8, 4) is 0 Å². The van der Waals surface area contributed by atoms with Crippen molar-refractivity contribution < 1.29 is 17.8 Å². The number of nitro groups is 1. The summed E-state index contributed by atoms with van der Waals surface area (Å²) in [6.45, 7) is 0.0829. The number of benzene rings is 1. The van der Waals surface area contributed by atoms with Crippen LogP contribution in [0.3, 0.4) is 0 Å². The lowest BCUT2D eigenvalue weighted by Gasteiger charge is -2.07. The molecule has 21 heavy (non-hydrogen) atoms. The molecule has 0 aliphatic rings. The monoisotopic (exact) mass is 374 g/mol. The number of rotatable bonds is 6. The number of hydrogen-bond acceptors (Lipinski definition) is 5. The minimum absolute atomic E-state index is 0.0829. The van der Waals surface area contributed by atoms with Gasteiger partial charge >= 0.3 is 0 Å². The van der Waals surface area contributed by atoms with Crippen molar-refractivity contribution in [2.75, 3.05) is 6.54 Å². The maximum Gasteiger partial charge on any atom is 0.289 e. The average Bonchev–Trinajstić information content (AvgIpc) is 2.91. The largest absolute Gasteiger partial charge is 0.469 e. The molecule has 1 N–H and O–H groups in total. The molecule has 7 nitrogen and oxygen atoms in total. The Bertz CT molecular complexity index is 743. The Morgan fingerprint density at radius 1 is 1.33 bits per heavy atom. The van der Waals surface area contributed by atoms with Crippen LogP contribution in [0.4, 0.5) is 5.69 Å². The van der Waals surface area contributed by atoms with E-state index in [2.05, 4.69) is 20.7 Å². The van der Waals surface area contributed by atoms with Crippen molar-refractivity contribution in [2.24, 2.45) is 0 Å². The van der Waals surface area contributed by atoms with Crippen molar-refractivity contribution >= 4 is 31.6 Å². The highest BCUT2D eigenvalue weighted by Crippen LogP contribution is 2.27. The van der Waals surface area contributed by atoms with Crippen LogP contribution in [0.15, 0.2) is 50.4 Å². The van der Waals surface area contributed by atoms with Gasteiger partial charge in [-0.3, -0.25) is 10.1 Å². The third-order valence-electron chi connectivity index (χ3n) is 2.65. The summed E-state index contributed by atoms with van der Waals surface area (Å²) >= 11 is 3.11. The smallest absolute Gasteiger partial charge is 0.289 e. The molecule has 0 amide bonds. The van der Waals surface area contributed by atoms with Crippen LogP contribution in [-0.2, 0) is 16.4 Å². The molecule has 0 saturated heterocycles. The first-order valence-corrected chi connectivity index (χ1v) is 8.14. The zero-order valence-corrected chi connectivity index (χ0v) is 13.1. The molecule has 1 aromatic heterocycles. The summed E-state index contributed by atoms with van der Waals surface area (Å²) < 4.78 is 32.2. The molecule has 0 aliphatic carbocycles. The lowest BCUT2D eigenvalue weighted by molar-refractivity contribution is -0.387. The highest BCUT2D eigenvalue weighted by atomic mass is 79.9. The first kappa shape index (κ1) is 15.7. The summed E-state index contributed by atoms with van der Waals surface area (Å²) in [4.78, 5) is 9.82. The van der Waals surface area contributed by atoms with E-state index in [1.165, 1.54) is 18.4 Å².